The summed E-state index contributed by atoms with van der Waals surface area (Å²) in [5, 5.41) is 6.26. The molecule has 3 rings (SSSR count). The zero-order valence-electron chi connectivity index (χ0n) is 16.6. The molecule has 2 aliphatic rings. The molecule has 2 N–H and O–H groups in total. The molecule has 29 heavy (non-hydrogen) atoms. The number of thiocarbonyl (C=S) groups is 1. The van der Waals surface area contributed by atoms with E-state index in [1.54, 1.807) is 0 Å². The van der Waals surface area contributed by atoms with Gasteiger partial charge in [-0.15, -0.1) is 0 Å². The predicted octanol–water partition coefficient (Wildman–Crippen LogP) is 1.41. The number of amides is 2. The summed E-state index contributed by atoms with van der Waals surface area (Å²) in [6.07, 6.45) is 3.41. The van der Waals surface area contributed by atoms with Gasteiger partial charge in [0.2, 0.25) is 11.8 Å². The van der Waals surface area contributed by atoms with Gasteiger partial charge in [-0.05, 0) is 49.9 Å². The van der Waals surface area contributed by atoms with Crippen molar-refractivity contribution < 1.29 is 19.1 Å². The van der Waals surface area contributed by atoms with Crippen LogP contribution in [0.2, 0.25) is 0 Å². The third kappa shape index (κ3) is 5.32. The van der Waals surface area contributed by atoms with E-state index >= 15 is 0 Å². The summed E-state index contributed by atoms with van der Waals surface area (Å²) in [6.45, 7) is 0.461. The maximum atomic E-state index is 12.9. The molecule has 1 saturated heterocycles. The number of rotatable bonds is 7. The van der Waals surface area contributed by atoms with E-state index in [-0.39, 0.29) is 47.3 Å². The Balaban J connectivity index is 1.46. The number of aryl methyl sites for hydroxylation is 1. The molecule has 3 atom stereocenters. The fourth-order valence-corrected chi connectivity index (χ4v) is 4.36. The van der Waals surface area contributed by atoms with Gasteiger partial charge in [0.05, 0.1) is 18.9 Å². The van der Waals surface area contributed by atoms with Gasteiger partial charge in [-0.3, -0.25) is 19.3 Å². The highest BCUT2D eigenvalue weighted by Gasteiger charge is 2.44. The Kier molecular flexibility index (Phi) is 7.19. The number of methoxy groups -OCH3 is 1. The van der Waals surface area contributed by atoms with Crippen molar-refractivity contribution in [3.05, 3.63) is 35.9 Å². The summed E-state index contributed by atoms with van der Waals surface area (Å²) in [5.74, 6) is -1.10. The number of hydrogen-bond acceptors (Lipinski definition) is 5. The maximum Gasteiger partial charge on any atom is 0.308 e. The quantitative estimate of drug-likeness (QED) is 0.396. The lowest BCUT2D eigenvalue weighted by atomic mass is 9.76. The molecule has 3 unspecified atom stereocenters. The Bertz CT molecular complexity index is 770. The lowest BCUT2D eigenvalue weighted by Crippen LogP contribution is -2.63. The monoisotopic (exact) mass is 417 g/mol. The van der Waals surface area contributed by atoms with Gasteiger partial charge in [0.1, 0.15) is 6.54 Å². The van der Waals surface area contributed by atoms with E-state index in [1.165, 1.54) is 17.6 Å². The standard InChI is InChI=1S/C21H27N3O4S/c1-28-20(27)15-9-10-16-17(12-15)23-21(29)24(19(16)26)13-18(25)22-11-5-8-14-6-3-2-4-7-14/h2-4,6-7,15-17H,5,8-13H2,1H3,(H,22,25)(H,23,29). The maximum absolute atomic E-state index is 12.9. The molecular formula is C21H27N3O4S. The van der Waals surface area contributed by atoms with E-state index in [9.17, 15) is 14.4 Å². The van der Waals surface area contributed by atoms with Crippen molar-refractivity contribution in [2.75, 3.05) is 20.2 Å². The second-order valence-electron chi connectivity index (χ2n) is 7.56. The molecule has 0 aromatic heterocycles. The third-order valence-corrected chi connectivity index (χ3v) is 5.97. The van der Waals surface area contributed by atoms with Crippen molar-refractivity contribution in [3.63, 3.8) is 0 Å². The Morgan fingerprint density at radius 3 is 2.76 bits per heavy atom. The predicted molar refractivity (Wildman–Crippen MR) is 112 cm³/mol. The van der Waals surface area contributed by atoms with Crippen LogP contribution in [0, 0.1) is 11.8 Å². The average molecular weight is 418 g/mol. The van der Waals surface area contributed by atoms with Crippen molar-refractivity contribution in [1.29, 1.82) is 0 Å². The minimum absolute atomic E-state index is 0.0837. The fourth-order valence-electron chi connectivity index (χ4n) is 4.06. The van der Waals surface area contributed by atoms with E-state index in [0.29, 0.717) is 25.8 Å². The normalized spacial score (nSPS) is 23.8. The van der Waals surface area contributed by atoms with Gasteiger partial charge >= 0.3 is 5.97 Å². The second-order valence-corrected chi connectivity index (χ2v) is 7.95. The Morgan fingerprint density at radius 1 is 1.28 bits per heavy atom. The first-order chi connectivity index (χ1) is 14.0. The van der Waals surface area contributed by atoms with Gasteiger partial charge in [-0.1, -0.05) is 30.3 Å². The van der Waals surface area contributed by atoms with Crippen LogP contribution in [0.1, 0.15) is 31.2 Å². The topological polar surface area (TPSA) is 87.7 Å². The first-order valence-electron chi connectivity index (χ1n) is 10.00. The van der Waals surface area contributed by atoms with Gasteiger partial charge in [0, 0.05) is 12.6 Å². The van der Waals surface area contributed by atoms with E-state index in [2.05, 4.69) is 22.8 Å². The van der Waals surface area contributed by atoms with Gasteiger partial charge in [-0.25, -0.2) is 0 Å². The van der Waals surface area contributed by atoms with Crippen molar-refractivity contribution in [2.45, 2.75) is 38.1 Å². The minimum Gasteiger partial charge on any atom is -0.469 e. The molecule has 1 heterocycles. The lowest BCUT2D eigenvalue weighted by molar-refractivity contribution is -0.149. The van der Waals surface area contributed by atoms with E-state index < -0.39 is 0 Å². The van der Waals surface area contributed by atoms with Crippen LogP contribution in [0.15, 0.2) is 30.3 Å². The summed E-state index contributed by atoms with van der Waals surface area (Å²) in [6, 6.07) is 9.90. The summed E-state index contributed by atoms with van der Waals surface area (Å²) in [7, 11) is 1.37. The van der Waals surface area contributed by atoms with Crippen LogP contribution >= 0.6 is 12.2 Å². The first kappa shape index (κ1) is 21.2. The van der Waals surface area contributed by atoms with Crippen LogP contribution in [0.25, 0.3) is 0 Å². The Hall–Kier alpha value is -2.48. The van der Waals surface area contributed by atoms with Crippen LogP contribution in [0.5, 0.6) is 0 Å². The highest BCUT2D eigenvalue weighted by atomic mass is 32.1. The van der Waals surface area contributed by atoms with Crippen LogP contribution in [-0.4, -0.2) is 54.0 Å². The third-order valence-electron chi connectivity index (χ3n) is 5.63. The molecule has 2 fully saturated rings. The first-order valence-corrected chi connectivity index (χ1v) is 10.4. The molecule has 1 aliphatic carbocycles. The zero-order valence-corrected chi connectivity index (χ0v) is 17.4. The van der Waals surface area contributed by atoms with Crippen molar-refractivity contribution in [1.82, 2.24) is 15.5 Å². The number of nitrogens with one attached hydrogen (secondary N) is 2. The van der Waals surface area contributed by atoms with Crippen molar-refractivity contribution in [2.24, 2.45) is 11.8 Å². The molecule has 0 bridgehead atoms. The Morgan fingerprint density at radius 2 is 2.03 bits per heavy atom. The summed E-state index contributed by atoms with van der Waals surface area (Å²) in [5.41, 5.74) is 1.23. The second kappa shape index (κ2) is 9.82. The van der Waals surface area contributed by atoms with Crippen molar-refractivity contribution >= 4 is 35.1 Å². The number of hydrogen-bond donors (Lipinski definition) is 2. The molecule has 156 valence electrons. The molecule has 0 spiro atoms. The molecule has 7 nitrogen and oxygen atoms in total. The number of carbonyl (C=O) groups excluding carboxylic acids is 3. The molecule has 1 aromatic rings. The zero-order chi connectivity index (χ0) is 20.8. The highest BCUT2D eigenvalue weighted by molar-refractivity contribution is 7.80. The smallest absolute Gasteiger partial charge is 0.308 e. The van der Waals surface area contributed by atoms with Crippen LogP contribution in [0.4, 0.5) is 0 Å². The van der Waals surface area contributed by atoms with Gasteiger partial charge in [-0.2, -0.15) is 0 Å². The number of carbonyl (C=O) groups is 3. The van der Waals surface area contributed by atoms with E-state index in [1.807, 2.05) is 18.2 Å². The summed E-state index contributed by atoms with van der Waals surface area (Å²) >= 11 is 5.32. The average Bonchev–Trinajstić information content (AvgIpc) is 2.74. The minimum atomic E-state index is -0.270. The van der Waals surface area contributed by atoms with E-state index in [4.69, 9.17) is 17.0 Å². The SMILES string of the molecule is COC(=O)C1CCC2C(=O)N(CC(=O)NCCCc3ccccc3)C(=S)NC2C1. The molecule has 2 amide bonds. The van der Waals surface area contributed by atoms with Gasteiger partial charge < -0.3 is 15.4 Å². The Labute approximate surface area is 176 Å². The highest BCUT2D eigenvalue weighted by Crippen LogP contribution is 2.33. The van der Waals surface area contributed by atoms with Crippen LogP contribution in [-0.2, 0) is 25.5 Å². The summed E-state index contributed by atoms with van der Waals surface area (Å²) in [4.78, 5) is 38.3. The lowest BCUT2D eigenvalue weighted by Gasteiger charge is -2.43. The number of ether oxygens (including phenoxy) is 1. The van der Waals surface area contributed by atoms with E-state index in [0.717, 1.165) is 12.8 Å². The number of nitrogens with zero attached hydrogens (tertiary/aromatic N) is 1. The number of esters is 1. The fraction of sp³-hybridized carbons (Fsp3) is 0.524. The molecule has 1 aromatic carbocycles. The van der Waals surface area contributed by atoms with Crippen molar-refractivity contribution in [3.8, 4) is 0 Å². The molecule has 8 heteroatoms. The molecule has 0 radical (unpaired) electrons. The van der Waals surface area contributed by atoms with Crippen LogP contribution < -0.4 is 10.6 Å². The van der Waals surface area contributed by atoms with Gasteiger partial charge in [0.25, 0.3) is 0 Å². The molecular weight excluding hydrogens is 390 g/mol. The number of benzene rings is 1. The molecule has 1 saturated carbocycles. The number of fused-ring (bicyclic) bond motifs is 1. The van der Waals surface area contributed by atoms with Gasteiger partial charge in [0.15, 0.2) is 5.11 Å². The van der Waals surface area contributed by atoms with Crippen LogP contribution in [0.3, 0.4) is 0 Å². The summed E-state index contributed by atoms with van der Waals surface area (Å²) < 4.78 is 4.82. The largest absolute Gasteiger partial charge is 0.469 e. The molecule has 1 aliphatic heterocycles.